The first-order chi connectivity index (χ1) is 14.6. The van der Waals surface area contributed by atoms with Crippen molar-refractivity contribution in [1.82, 2.24) is 10.2 Å². The summed E-state index contributed by atoms with van der Waals surface area (Å²) in [4.78, 5) is 12.3. The van der Waals surface area contributed by atoms with Gasteiger partial charge in [-0.15, -0.1) is 10.2 Å². The summed E-state index contributed by atoms with van der Waals surface area (Å²) in [6, 6.07) is 20.6. The molecule has 0 aliphatic heterocycles. The Hall–Kier alpha value is -1.87. The van der Waals surface area contributed by atoms with Gasteiger partial charge < -0.3 is 5.32 Å². The lowest BCUT2D eigenvalue weighted by molar-refractivity contribution is -0.113. The van der Waals surface area contributed by atoms with E-state index in [1.54, 1.807) is 11.8 Å². The maximum Gasteiger partial charge on any atom is 0.234 e. The van der Waals surface area contributed by atoms with Crippen molar-refractivity contribution >= 4 is 73.2 Å². The highest BCUT2D eigenvalue weighted by Crippen LogP contribution is 2.32. The number of carbonyl (C=O) groups excluding carboxylic acids is 1. The van der Waals surface area contributed by atoms with E-state index in [0.717, 1.165) is 30.2 Å². The van der Waals surface area contributed by atoms with Crippen molar-refractivity contribution in [2.45, 2.75) is 21.4 Å². The molecule has 0 aliphatic rings. The van der Waals surface area contributed by atoms with Crippen molar-refractivity contribution in [2.75, 3.05) is 11.1 Å². The molecule has 0 unspecified atom stereocenters. The summed E-state index contributed by atoms with van der Waals surface area (Å²) in [5, 5.41) is 13.9. The monoisotopic (exact) mass is 515 g/mol. The van der Waals surface area contributed by atoms with Gasteiger partial charge in [0.1, 0.15) is 0 Å². The second-order valence-electron chi connectivity index (χ2n) is 6.58. The molecule has 1 heterocycles. The van der Waals surface area contributed by atoms with Gasteiger partial charge in [-0.05, 0) is 56.9 Å². The van der Waals surface area contributed by atoms with Crippen molar-refractivity contribution in [1.29, 1.82) is 0 Å². The molecule has 1 N–H and O–H groups in total. The van der Waals surface area contributed by atoms with Gasteiger partial charge in [0.2, 0.25) is 5.91 Å². The summed E-state index contributed by atoms with van der Waals surface area (Å²) in [6.07, 6.45) is 0. The average molecular weight is 517 g/mol. The molecule has 0 radical (unpaired) electrons. The Kier molecular flexibility index (Phi) is 7.09. The fourth-order valence-electron chi connectivity index (χ4n) is 2.91. The van der Waals surface area contributed by atoms with Crippen LogP contribution < -0.4 is 5.32 Å². The van der Waals surface area contributed by atoms with E-state index in [2.05, 4.69) is 73.9 Å². The molecule has 0 saturated heterocycles. The number of benzene rings is 3. The number of nitrogens with zero attached hydrogens (tertiary/aromatic N) is 2. The van der Waals surface area contributed by atoms with E-state index in [1.807, 2.05) is 25.1 Å². The molecule has 3 aromatic carbocycles. The highest BCUT2D eigenvalue weighted by molar-refractivity contribution is 9.10. The number of thioether (sulfide) groups is 2. The number of nitrogens with one attached hydrogen (secondary N) is 1. The third-order valence-electron chi connectivity index (χ3n) is 4.34. The van der Waals surface area contributed by atoms with Gasteiger partial charge in [0, 0.05) is 10.2 Å². The lowest BCUT2D eigenvalue weighted by Crippen LogP contribution is -2.14. The molecule has 4 nitrogen and oxygen atoms in total. The van der Waals surface area contributed by atoms with Crippen LogP contribution in [0.5, 0.6) is 0 Å². The Morgan fingerprint density at radius 3 is 2.63 bits per heavy atom. The summed E-state index contributed by atoms with van der Waals surface area (Å²) in [7, 11) is 0. The van der Waals surface area contributed by atoms with Crippen molar-refractivity contribution in [3.05, 3.63) is 76.3 Å². The molecule has 0 saturated carbocycles. The van der Waals surface area contributed by atoms with Crippen LogP contribution in [0.15, 0.2) is 73.8 Å². The van der Waals surface area contributed by atoms with Crippen molar-refractivity contribution < 1.29 is 4.79 Å². The number of carbonyl (C=O) groups is 1. The highest BCUT2D eigenvalue weighted by atomic mass is 79.9. The lowest BCUT2D eigenvalue weighted by atomic mass is 10.1. The SMILES string of the molecule is Cc1ccc(NC(=O)CSc2nnc(SCc3cccc4ccccc34)s2)c(Br)c1. The fraction of sp³-hybridized carbons (Fsp3) is 0.136. The molecule has 4 aromatic rings. The predicted octanol–water partition coefficient (Wildman–Crippen LogP) is 6.79. The summed E-state index contributed by atoms with van der Waals surface area (Å²) in [6.45, 7) is 2.01. The minimum Gasteiger partial charge on any atom is -0.324 e. The molecule has 0 spiro atoms. The first kappa shape index (κ1) is 21.4. The minimum atomic E-state index is -0.0651. The molecule has 0 atom stereocenters. The molecule has 0 bridgehead atoms. The van der Waals surface area contributed by atoms with Gasteiger partial charge in [-0.25, -0.2) is 0 Å². The zero-order valence-corrected chi connectivity index (χ0v) is 20.1. The number of hydrogen-bond donors (Lipinski definition) is 1. The molecule has 152 valence electrons. The van der Waals surface area contributed by atoms with Crippen LogP contribution >= 0.6 is 50.8 Å². The molecule has 0 fully saturated rings. The first-order valence-corrected chi connectivity index (χ1v) is 12.8. The fourth-order valence-corrected chi connectivity index (χ4v) is 6.32. The van der Waals surface area contributed by atoms with Crippen LogP contribution in [-0.2, 0) is 10.5 Å². The van der Waals surface area contributed by atoms with Gasteiger partial charge in [0.25, 0.3) is 0 Å². The standard InChI is InChI=1S/C22H18BrN3OS3/c1-14-9-10-19(18(23)11-14)24-20(27)13-29-22-26-25-21(30-22)28-12-16-7-4-6-15-5-2-3-8-17(15)16/h2-11H,12-13H2,1H3,(H,24,27). The van der Waals surface area contributed by atoms with Crippen LogP contribution in [0.4, 0.5) is 5.69 Å². The molecule has 4 rings (SSSR count). The summed E-state index contributed by atoms with van der Waals surface area (Å²) in [5.74, 6) is 1.07. The summed E-state index contributed by atoms with van der Waals surface area (Å²) < 4.78 is 2.59. The largest absolute Gasteiger partial charge is 0.324 e. The van der Waals surface area contributed by atoms with Crippen LogP contribution in [0.3, 0.4) is 0 Å². The predicted molar refractivity (Wildman–Crippen MR) is 132 cm³/mol. The number of aromatic nitrogens is 2. The maximum absolute atomic E-state index is 12.3. The summed E-state index contributed by atoms with van der Waals surface area (Å²) in [5.41, 5.74) is 3.19. The topological polar surface area (TPSA) is 54.9 Å². The Bertz CT molecular complexity index is 1190. The number of hydrogen-bond acceptors (Lipinski definition) is 6. The van der Waals surface area contributed by atoms with E-state index >= 15 is 0 Å². The van der Waals surface area contributed by atoms with E-state index in [9.17, 15) is 4.79 Å². The van der Waals surface area contributed by atoms with E-state index in [1.165, 1.54) is 39.4 Å². The minimum absolute atomic E-state index is 0.0651. The van der Waals surface area contributed by atoms with Gasteiger partial charge in [0.05, 0.1) is 11.4 Å². The van der Waals surface area contributed by atoms with Crippen molar-refractivity contribution in [3.8, 4) is 0 Å². The van der Waals surface area contributed by atoms with Crippen molar-refractivity contribution in [2.24, 2.45) is 0 Å². The van der Waals surface area contributed by atoms with Gasteiger partial charge in [-0.3, -0.25) is 4.79 Å². The number of halogens is 1. The van der Waals surface area contributed by atoms with Crippen LogP contribution in [0.1, 0.15) is 11.1 Å². The number of aryl methyl sites for hydroxylation is 1. The van der Waals surface area contributed by atoms with Crippen LogP contribution in [-0.4, -0.2) is 21.9 Å². The molecule has 30 heavy (non-hydrogen) atoms. The Labute approximate surface area is 196 Å². The number of fused-ring (bicyclic) bond motifs is 1. The first-order valence-electron chi connectivity index (χ1n) is 9.20. The molecular weight excluding hydrogens is 498 g/mol. The lowest BCUT2D eigenvalue weighted by Gasteiger charge is -2.07. The smallest absolute Gasteiger partial charge is 0.234 e. The normalized spacial score (nSPS) is 11.0. The van der Waals surface area contributed by atoms with Gasteiger partial charge in [-0.1, -0.05) is 83.4 Å². The Morgan fingerprint density at radius 1 is 1.03 bits per heavy atom. The average Bonchev–Trinajstić information content (AvgIpc) is 3.21. The molecule has 0 aliphatic carbocycles. The zero-order valence-electron chi connectivity index (χ0n) is 16.1. The van der Waals surface area contributed by atoms with Crippen LogP contribution in [0.2, 0.25) is 0 Å². The van der Waals surface area contributed by atoms with Gasteiger partial charge in [0.15, 0.2) is 8.68 Å². The van der Waals surface area contributed by atoms with Crippen LogP contribution in [0.25, 0.3) is 10.8 Å². The zero-order chi connectivity index (χ0) is 20.9. The van der Waals surface area contributed by atoms with E-state index < -0.39 is 0 Å². The molecular formula is C22H18BrN3OS3. The molecule has 8 heteroatoms. The third-order valence-corrected chi connectivity index (χ3v) is 8.24. The second kappa shape index (κ2) is 9.96. The van der Waals surface area contributed by atoms with Gasteiger partial charge >= 0.3 is 0 Å². The Balaban J connectivity index is 1.31. The highest BCUT2D eigenvalue weighted by Gasteiger charge is 2.11. The van der Waals surface area contributed by atoms with E-state index in [0.29, 0.717) is 5.75 Å². The maximum atomic E-state index is 12.3. The molecule has 1 aromatic heterocycles. The second-order valence-corrected chi connectivity index (χ2v) is 10.9. The third kappa shape index (κ3) is 5.43. The number of amides is 1. The summed E-state index contributed by atoms with van der Waals surface area (Å²) >= 11 is 8.09. The molecule has 1 amide bonds. The van der Waals surface area contributed by atoms with Gasteiger partial charge in [-0.2, -0.15) is 0 Å². The number of anilines is 1. The van der Waals surface area contributed by atoms with Crippen molar-refractivity contribution in [3.63, 3.8) is 0 Å². The van der Waals surface area contributed by atoms with E-state index in [-0.39, 0.29) is 5.91 Å². The Morgan fingerprint density at radius 2 is 1.80 bits per heavy atom. The van der Waals surface area contributed by atoms with Crippen LogP contribution in [0, 0.1) is 6.92 Å². The van der Waals surface area contributed by atoms with E-state index in [4.69, 9.17) is 0 Å². The quantitative estimate of drug-likeness (QED) is 0.274. The number of rotatable bonds is 7.